The van der Waals surface area contributed by atoms with E-state index in [2.05, 4.69) is 47.1 Å². The van der Waals surface area contributed by atoms with E-state index in [0.29, 0.717) is 6.61 Å². The van der Waals surface area contributed by atoms with E-state index >= 15 is 0 Å². The molecule has 0 aliphatic rings. The van der Waals surface area contributed by atoms with Gasteiger partial charge < -0.3 is 9.15 Å². The maximum atomic E-state index is 5.99. The smallest absolute Gasteiger partial charge is 0.135 e. The Morgan fingerprint density at radius 1 is 1.10 bits per heavy atom. The van der Waals surface area contributed by atoms with Gasteiger partial charge in [0.1, 0.15) is 11.3 Å². The number of furan rings is 1. The molecule has 3 heteroatoms. The van der Waals surface area contributed by atoms with Gasteiger partial charge in [0.2, 0.25) is 0 Å². The Balaban J connectivity index is 1.98. The Hall–Kier alpha value is -1.58. The molecule has 0 saturated heterocycles. The number of benzene rings is 2. The van der Waals surface area contributed by atoms with Gasteiger partial charge >= 0.3 is 0 Å². The summed E-state index contributed by atoms with van der Waals surface area (Å²) in [6, 6.07) is 16.5. The lowest BCUT2D eigenvalue weighted by molar-refractivity contribution is 0.0764. The van der Waals surface area contributed by atoms with Gasteiger partial charge in [0, 0.05) is 22.0 Å². The monoisotopic (exact) mass is 344 g/mol. The average Bonchev–Trinajstić information content (AvgIpc) is 2.91. The first kappa shape index (κ1) is 14.4. The van der Waals surface area contributed by atoms with Crippen molar-refractivity contribution in [2.75, 3.05) is 6.61 Å². The Kier molecular flexibility index (Phi) is 4.13. The highest BCUT2D eigenvalue weighted by Crippen LogP contribution is 2.30. The maximum absolute atomic E-state index is 5.99. The molecule has 0 amide bonds. The molecule has 0 radical (unpaired) electrons. The lowest BCUT2D eigenvalue weighted by Crippen LogP contribution is -1.98. The number of ether oxygens (including phenoxy) is 1. The third-order valence-electron chi connectivity index (χ3n) is 3.56. The van der Waals surface area contributed by atoms with Gasteiger partial charge in [-0.1, -0.05) is 40.2 Å². The summed E-state index contributed by atoms with van der Waals surface area (Å²) in [6.45, 7) is 4.78. The molecule has 21 heavy (non-hydrogen) atoms. The van der Waals surface area contributed by atoms with Gasteiger partial charge in [0.25, 0.3) is 0 Å². The fourth-order valence-corrected chi connectivity index (χ4v) is 2.67. The van der Waals surface area contributed by atoms with Crippen LogP contribution in [0.25, 0.3) is 22.3 Å². The van der Waals surface area contributed by atoms with Gasteiger partial charge in [-0.25, -0.2) is 0 Å². The molecule has 0 aliphatic heterocycles. The minimum atomic E-state index is 0.0839. The highest BCUT2D eigenvalue weighted by atomic mass is 79.9. The molecule has 1 unspecified atom stereocenters. The molecule has 0 saturated carbocycles. The van der Waals surface area contributed by atoms with Crippen LogP contribution in [0.4, 0.5) is 0 Å². The van der Waals surface area contributed by atoms with Crippen LogP contribution < -0.4 is 0 Å². The number of fused-ring (bicyclic) bond motifs is 1. The van der Waals surface area contributed by atoms with Crippen molar-refractivity contribution in [3.05, 3.63) is 58.6 Å². The Morgan fingerprint density at radius 2 is 1.86 bits per heavy atom. The van der Waals surface area contributed by atoms with E-state index in [-0.39, 0.29) is 6.10 Å². The molecular formula is C18H17BrO2. The molecule has 3 aromatic rings. The van der Waals surface area contributed by atoms with Crippen molar-refractivity contribution in [2.45, 2.75) is 20.0 Å². The van der Waals surface area contributed by atoms with E-state index in [9.17, 15) is 0 Å². The quantitative estimate of drug-likeness (QED) is 0.582. The zero-order valence-electron chi connectivity index (χ0n) is 12.1. The van der Waals surface area contributed by atoms with Crippen LogP contribution in [0, 0.1) is 0 Å². The summed E-state index contributed by atoms with van der Waals surface area (Å²) in [5, 5.41) is 1.11. The maximum Gasteiger partial charge on any atom is 0.135 e. The first-order valence-corrected chi connectivity index (χ1v) is 7.87. The lowest BCUT2D eigenvalue weighted by atomic mass is 10.1. The predicted molar refractivity (Wildman–Crippen MR) is 89.4 cm³/mol. The fraction of sp³-hybridized carbons (Fsp3) is 0.222. The van der Waals surface area contributed by atoms with Gasteiger partial charge in [0.05, 0.1) is 6.10 Å². The number of rotatable bonds is 4. The second-order valence-electron chi connectivity index (χ2n) is 5.01. The predicted octanol–water partition coefficient (Wildman–Crippen LogP) is 5.96. The fourth-order valence-electron chi connectivity index (χ4n) is 2.40. The summed E-state index contributed by atoms with van der Waals surface area (Å²) in [4.78, 5) is 0. The van der Waals surface area contributed by atoms with Crippen molar-refractivity contribution in [1.82, 2.24) is 0 Å². The molecule has 108 valence electrons. The van der Waals surface area contributed by atoms with Crippen molar-refractivity contribution in [3.63, 3.8) is 0 Å². The van der Waals surface area contributed by atoms with Crippen LogP contribution in [0.15, 0.2) is 57.4 Å². The van der Waals surface area contributed by atoms with Gasteiger partial charge in [-0.3, -0.25) is 0 Å². The molecule has 1 atom stereocenters. The number of hydrogen-bond acceptors (Lipinski definition) is 2. The zero-order valence-corrected chi connectivity index (χ0v) is 13.7. The van der Waals surface area contributed by atoms with E-state index in [0.717, 1.165) is 32.3 Å². The SMILES string of the molecule is CCOC(C)c1ccc2cc(-c3ccc(Br)cc3)oc2c1. The van der Waals surface area contributed by atoms with Gasteiger partial charge in [-0.05, 0) is 43.7 Å². The molecule has 0 bridgehead atoms. The van der Waals surface area contributed by atoms with Crippen molar-refractivity contribution in [1.29, 1.82) is 0 Å². The van der Waals surface area contributed by atoms with Crippen molar-refractivity contribution < 1.29 is 9.15 Å². The summed E-state index contributed by atoms with van der Waals surface area (Å²) in [5.74, 6) is 0.888. The highest BCUT2D eigenvalue weighted by Gasteiger charge is 2.10. The molecule has 2 nitrogen and oxygen atoms in total. The molecule has 1 aromatic heterocycles. The average molecular weight is 345 g/mol. The van der Waals surface area contributed by atoms with Crippen LogP contribution in [-0.2, 0) is 4.74 Å². The molecule has 3 rings (SSSR count). The first-order valence-electron chi connectivity index (χ1n) is 7.08. The summed E-state index contributed by atoms with van der Waals surface area (Å²) in [6.07, 6.45) is 0.0839. The van der Waals surface area contributed by atoms with Crippen molar-refractivity contribution in [2.24, 2.45) is 0 Å². The van der Waals surface area contributed by atoms with E-state index in [1.165, 1.54) is 0 Å². The van der Waals surface area contributed by atoms with Crippen LogP contribution in [-0.4, -0.2) is 6.61 Å². The van der Waals surface area contributed by atoms with Crippen molar-refractivity contribution in [3.8, 4) is 11.3 Å². The highest BCUT2D eigenvalue weighted by molar-refractivity contribution is 9.10. The molecular weight excluding hydrogens is 328 g/mol. The van der Waals surface area contributed by atoms with Gasteiger partial charge in [0.15, 0.2) is 0 Å². The summed E-state index contributed by atoms with van der Waals surface area (Å²) in [5.41, 5.74) is 3.12. The largest absolute Gasteiger partial charge is 0.456 e. The molecule has 0 aliphatic carbocycles. The molecule has 0 fully saturated rings. The third-order valence-corrected chi connectivity index (χ3v) is 4.09. The molecule has 0 N–H and O–H groups in total. The van der Waals surface area contributed by atoms with Crippen LogP contribution in [0.5, 0.6) is 0 Å². The Bertz CT molecular complexity index is 744. The topological polar surface area (TPSA) is 22.4 Å². The standard InChI is InChI=1S/C18H17BrO2/c1-3-20-12(2)14-4-5-15-11-17(21-18(15)10-14)13-6-8-16(19)9-7-13/h4-12H,3H2,1-2H3. The minimum Gasteiger partial charge on any atom is -0.456 e. The zero-order chi connectivity index (χ0) is 14.8. The van der Waals surface area contributed by atoms with Crippen LogP contribution in [0.1, 0.15) is 25.5 Å². The normalized spacial score (nSPS) is 12.7. The summed E-state index contributed by atoms with van der Waals surface area (Å²) < 4.78 is 12.7. The lowest BCUT2D eigenvalue weighted by Gasteiger charge is -2.11. The summed E-state index contributed by atoms with van der Waals surface area (Å²) >= 11 is 3.45. The molecule has 1 heterocycles. The van der Waals surface area contributed by atoms with E-state index in [1.807, 2.05) is 31.2 Å². The van der Waals surface area contributed by atoms with Crippen LogP contribution >= 0.6 is 15.9 Å². The van der Waals surface area contributed by atoms with Crippen LogP contribution in [0.2, 0.25) is 0 Å². The minimum absolute atomic E-state index is 0.0839. The number of halogens is 1. The van der Waals surface area contributed by atoms with E-state index in [4.69, 9.17) is 9.15 Å². The second kappa shape index (κ2) is 6.04. The Morgan fingerprint density at radius 3 is 2.57 bits per heavy atom. The summed E-state index contributed by atoms with van der Waals surface area (Å²) in [7, 11) is 0. The van der Waals surface area contributed by atoms with E-state index in [1.54, 1.807) is 0 Å². The van der Waals surface area contributed by atoms with E-state index < -0.39 is 0 Å². The third kappa shape index (κ3) is 3.04. The molecule has 2 aromatic carbocycles. The Labute approximate surface area is 132 Å². The van der Waals surface area contributed by atoms with Crippen molar-refractivity contribution >= 4 is 26.9 Å². The number of hydrogen-bond donors (Lipinski definition) is 0. The first-order chi connectivity index (χ1) is 10.2. The second-order valence-corrected chi connectivity index (χ2v) is 5.93. The van der Waals surface area contributed by atoms with Crippen LogP contribution in [0.3, 0.4) is 0 Å². The van der Waals surface area contributed by atoms with Gasteiger partial charge in [-0.2, -0.15) is 0 Å². The van der Waals surface area contributed by atoms with Gasteiger partial charge in [-0.15, -0.1) is 0 Å². The molecule has 0 spiro atoms.